The fourth-order valence-electron chi connectivity index (χ4n) is 2.03. The lowest BCUT2D eigenvalue weighted by atomic mass is 10.2. The average molecular weight is 369 g/mol. The molecular formula is C15H17BrN2O2S. The first-order valence-corrected chi connectivity index (χ1v) is 8.31. The molecule has 0 fully saturated rings. The Balaban J connectivity index is 2.23. The summed E-state index contributed by atoms with van der Waals surface area (Å²) < 4.78 is 1.04. The first-order chi connectivity index (χ1) is 10.0. The van der Waals surface area contributed by atoms with E-state index in [1.54, 1.807) is 0 Å². The van der Waals surface area contributed by atoms with Gasteiger partial charge in [0.2, 0.25) is 0 Å². The zero-order chi connectivity index (χ0) is 15.4. The van der Waals surface area contributed by atoms with E-state index in [0.29, 0.717) is 23.5 Å². The van der Waals surface area contributed by atoms with Crippen LogP contribution in [0.1, 0.15) is 34.3 Å². The lowest BCUT2D eigenvalue weighted by molar-refractivity contribution is 0.0700. The number of benzene rings is 1. The number of carbonyl (C=O) groups is 1. The molecule has 0 radical (unpaired) electrons. The number of carboxylic acid groups (broad SMARTS) is 1. The fraction of sp³-hybridized carbons (Fsp3) is 0.333. The lowest BCUT2D eigenvalue weighted by Gasteiger charge is -2.16. The Kier molecular flexibility index (Phi) is 5.36. The van der Waals surface area contributed by atoms with Gasteiger partial charge in [0, 0.05) is 18.1 Å². The second-order valence-corrected chi connectivity index (χ2v) is 6.61. The van der Waals surface area contributed by atoms with Crippen LogP contribution in [0.15, 0.2) is 28.7 Å². The van der Waals surface area contributed by atoms with Crippen LogP contribution in [0.5, 0.6) is 0 Å². The van der Waals surface area contributed by atoms with Crippen molar-refractivity contribution in [2.45, 2.75) is 26.3 Å². The van der Waals surface area contributed by atoms with E-state index in [1.165, 1.54) is 11.3 Å². The number of aromatic carboxylic acids is 1. The standard InChI is InChI=1S/C15H17BrN2O2S/c1-3-6-12-13(14(19)20)21-15(17-12)18(2)9-10-7-4-5-8-11(10)16/h4-5,7-8H,3,6,9H2,1-2H3,(H,19,20). The Morgan fingerprint density at radius 2 is 2.14 bits per heavy atom. The van der Waals surface area contributed by atoms with Gasteiger partial charge in [0.1, 0.15) is 4.88 Å². The Hall–Kier alpha value is -1.40. The van der Waals surface area contributed by atoms with Gasteiger partial charge in [0.05, 0.1) is 5.69 Å². The number of rotatable bonds is 6. The molecule has 21 heavy (non-hydrogen) atoms. The SMILES string of the molecule is CCCc1nc(N(C)Cc2ccccc2Br)sc1C(=O)O. The summed E-state index contributed by atoms with van der Waals surface area (Å²) in [4.78, 5) is 18.1. The maximum absolute atomic E-state index is 11.3. The summed E-state index contributed by atoms with van der Waals surface area (Å²) >= 11 is 4.77. The van der Waals surface area contributed by atoms with E-state index in [0.717, 1.165) is 21.6 Å². The van der Waals surface area contributed by atoms with Crippen LogP contribution in [0.25, 0.3) is 0 Å². The number of nitrogens with zero attached hydrogens (tertiary/aromatic N) is 2. The number of anilines is 1. The Morgan fingerprint density at radius 3 is 2.76 bits per heavy atom. The fourth-order valence-corrected chi connectivity index (χ4v) is 3.35. The molecule has 2 rings (SSSR count). The van der Waals surface area contributed by atoms with E-state index in [2.05, 4.69) is 20.9 Å². The molecule has 0 saturated heterocycles. The molecule has 0 saturated carbocycles. The van der Waals surface area contributed by atoms with Crippen LogP contribution in [0.3, 0.4) is 0 Å². The highest BCUT2D eigenvalue weighted by Crippen LogP contribution is 2.28. The Labute approximate surface area is 136 Å². The van der Waals surface area contributed by atoms with Gasteiger partial charge in [0.15, 0.2) is 5.13 Å². The third-order valence-electron chi connectivity index (χ3n) is 3.06. The van der Waals surface area contributed by atoms with E-state index in [-0.39, 0.29) is 0 Å². The highest BCUT2D eigenvalue weighted by molar-refractivity contribution is 9.10. The quantitative estimate of drug-likeness (QED) is 0.830. The van der Waals surface area contributed by atoms with Gasteiger partial charge in [-0.3, -0.25) is 0 Å². The molecule has 0 aliphatic heterocycles. The highest BCUT2D eigenvalue weighted by atomic mass is 79.9. The number of hydrogen-bond donors (Lipinski definition) is 1. The summed E-state index contributed by atoms with van der Waals surface area (Å²) in [5, 5.41) is 10.0. The number of aryl methyl sites for hydroxylation is 1. The van der Waals surface area contributed by atoms with E-state index < -0.39 is 5.97 Å². The molecule has 1 heterocycles. The van der Waals surface area contributed by atoms with Crippen molar-refractivity contribution in [3.63, 3.8) is 0 Å². The van der Waals surface area contributed by atoms with Crippen molar-refractivity contribution >= 4 is 38.4 Å². The second-order valence-electron chi connectivity index (χ2n) is 4.77. The zero-order valence-electron chi connectivity index (χ0n) is 12.0. The molecule has 1 N–H and O–H groups in total. The minimum atomic E-state index is -0.892. The molecular weight excluding hydrogens is 352 g/mol. The van der Waals surface area contributed by atoms with E-state index >= 15 is 0 Å². The monoisotopic (exact) mass is 368 g/mol. The van der Waals surface area contributed by atoms with Crippen molar-refractivity contribution < 1.29 is 9.90 Å². The molecule has 0 bridgehead atoms. The third-order valence-corrected chi connectivity index (χ3v) is 5.03. The minimum absolute atomic E-state index is 0.353. The molecule has 2 aromatic rings. The van der Waals surface area contributed by atoms with Gasteiger partial charge in [-0.1, -0.05) is 58.8 Å². The van der Waals surface area contributed by atoms with Crippen molar-refractivity contribution in [3.05, 3.63) is 44.9 Å². The maximum atomic E-state index is 11.3. The molecule has 4 nitrogen and oxygen atoms in total. The van der Waals surface area contributed by atoms with Gasteiger partial charge < -0.3 is 10.0 Å². The smallest absolute Gasteiger partial charge is 0.347 e. The van der Waals surface area contributed by atoms with Crippen molar-refractivity contribution in [2.75, 3.05) is 11.9 Å². The van der Waals surface area contributed by atoms with Crippen LogP contribution in [-0.2, 0) is 13.0 Å². The summed E-state index contributed by atoms with van der Waals surface area (Å²) in [7, 11) is 1.93. The predicted octanol–water partition coefficient (Wildman–Crippen LogP) is 4.19. The molecule has 0 spiro atoms. The van der Waals surface area contributed by atoms with E-state index in [9.17, 15) is 9.90 Å². The van der Waals surface area contributed by atoms with Crippen molar-refractivity contribution in [1.29, 1.82) is 0 Å². The van der Waals surface area contributed by atoms with Crippen LogP contribution in [0.4, 0.5) is 5.13 Å². The van der Waals surface area contributed by atoms with Crippen LogP contribution in [0.2, 0.25) is 0 Å². The van der Waals surface area contributed by atoms with Gasteiger partial charge in [-0.15, -0.1) is 0 Å². The number of aromatic nitrogens is 1. The number of halogens is 1. The van der Waals surface area contributed by atoms with Gasteiger partial charge in [-0.25, -0.2) is 9.78 Å². The molecule has 112 valence electrons. The van der Waals surface area contributed by atoms with E-state index in [1.807, 2.05) is 43.1 Å². The summed E-state index contributed by atoms with van der Waals surface area (Å²) in [6.07, 6.45) is 1.58. The largest absolute Gasteiger partial charge is 0.477 e. The second kappa shape index (κ2) is 7.04. The number of carboxylic acids is 1. The van der Waals surface area contributed by atoms with Gasteiger partial charge >= 0.3 is 5.97 Å². The van der Waals surface area contributed by atoms with Crippen molar-refractivity contribution in [1.82, 2.24) is 4.98 Å². The summed E-state index contributed by atoms with van der Waals surface area (Å²) in [6.45, 7) is 2.70. The van der Waals surface area contributed by atoms with Crippen molar-refractivity contribution in [2.24, 2.45) is 0 Å². The minimum Gasteiger partial charge on any atom is -0.477 e. The molecule has 6 heteroatoms. The van der Waals surface area contributed by atoms with Crippen LogP contribution in [0, 0.1) is 0 Å². The predicted molar refractivity (Wildman–Crippen MR) is 89.3 cm³/mol. The zero-order valence-corrected chi connectivity index (χ0v) is 14.4. The molecule has 0 amide bonds. The third kappa shape index (κ3) is 3.83. The summed E-state index contributed by atoms with van der Waals surface area (Å²) in [5.41, 5.74) is 1.83. The summed E-state index contributed by atoms with van der Waals surface area (Å²) in [5.74, 6) is -0.892. The average Bonchev–Trinajstić information content (AvgIpc) is 2.86. The molecule has 1 aromatic heterocycles. The molecule has 0 atom stereocenters. The molecule has 0 unspecified atom stereocenters. The first-order valence-electron chi connectivity index (χ1n) is 6.70. The van der Waals surface area contributed by atoms with Gasteiger partial charge in [-0.05, 0) is 18.1 Å². The Bertz CT molecular complexity index is 642. The normalized spacial score (nSPS) is 10.6. The Morgan fingerprint density at radius 1 is 1.43 bits per heavy atom. The molecule has 1 aromatic carbocycles. The molecule has 0 aliphatic rings. The number of thiazole rings is 1. The molecule has 0 aliphatic carbocycles. The van der Waals surface area contributed by atoms with Gasteiger partial charge in [-0.2, -0.15) is 0 Å². The number of hydrogen-bond acceptors (Lipinski definition) is 4. The van der Waals surface area contributed by atoms with Crippen LogP contribution >= 0.6 is 27.3 Å². The first kappa shape index (κ1) is 16.0. The van der Waals surface area contributed by atoms with E-state index in [4.69, 9.17) is 0 Å². The van der Waals surface area contributed by atoms with Crippen LogP contribution < -0.4 is 4.90 Å². The van der Waals surface area contributed by atoms with Gasteiger partial charge in [0.25, 0.3) is 0 Å². The van der Waals surface area contributed by atoms with Crippen molar-refractivity contribution in [3.8, 4) is 0 Å². The lowest BCUT2D eigenvalue weighted by Crippen LogP contribution is -2.16. The summed E-state index contributed by atoms with van der Waals surface area (Å²) in [6, 6.07) is 8.00. The van der Waals surface area contributed by atoms with Crippen LogP contribution in [-0.4, -0.2) is 23.1 Å². The maximum Gasteiger partial charge on any atom is 0.347 e. The highest BCUT2D eigenvalue weighted by Gasteiger charge is 2.19. The topological polar surface area (TPSA) is 53.4 Å².